The predicted molar refractivity (Wildman–Crippen MR) is 124 cm³/mol. The van der Waals surface area contributed by atoms with Gasteiger partial charge in [0.15, 0.2) is 5.16 Å². The summed E-state index contributed by atoms with van der Waals surface area (Å²) in [5.41, 5.74) is 7.12. The van der Waals surface area contributed by atoms with E-state index in [1.165, 1.54) is 28.0 Å². The lowest BCUT2D eigenvalue weighted by Crippen LogP contribution is -2.24. The molecule has 0 unspecified atom stereocenters. The third kappa shape index (κ3) is 4.16. The topological polar surface area (TPSA) is 103 Å². The van der Waals surface area contributed by atoms with Gasteiger partial charge in [0.05, 0.1) is 10.8 Å². The zero-order valence-corrected chi connectivity index (χ0v) is 19.5. The van der Waals surface area contributed by atoms with Gasteiger partial charge in [-0.05, 0) is 56.0 Å². The Labute approximate surface area is 192 Å². The van der Waals surface area contributed by atoms with Gasteiger partial charge in [0.2, 0.25) is 5.91 Å². The van der Waals surface area contributed by atoms with Crippen molar-refractivity contribution in [1.82, 2.24) is 14.8 Å². The second kappa shape index (κ2) is 8.40. The molecule has 5 rings (SSSR count). The summed E-state index contributed by atoms with van der Waals surface area (Å²) < 4.78 is 2.20. The van der Waals surface area contributed by atoms with Crippen molar-refractivity contribution in [2.24, 2.45) is 5.73 Å². The first-order valence-electron chi connectivity index (χ1n) is 10.4. The fourth-order valence-electron chi connectivity index (χ4n) is 3.95. The molecule has 162 valence electrons. The molecular weight excluding hydrogens is 450 g/mol. The molecule has 3 aromatic heterocycles. The molecule has 0 aliphatic heterocycles. The Morgan fingerprint density at radius 1 is 1.35 bits per heavy atom. The van der Waals surface area contributed by atoms with Gasteiger partial charge in [-0.15, -0.1) is 32.9 Å². The van der Waals surface area contributed by atoms with Crippen molar-refractivity contribution < 1.29 is 9.59 Å². The van der Waals surface area contributed by atoms with Gasteiger partial charge in [0.1, 0.15) is 10.8 Å². The van der Waals surface area contributed by atoms with Gasteiger partial charge in [-0.25, -0.2) is 0 Å². The summed E-state index contributed by atoms with van der Waals surface area (Å²) in [6.45, 7) is 1.86. The lowest BCUT2D eigenvalue weighted by Gasteiger charge is -2.13. The second-order valence-electron chi connectivity index (χ2n) is 7.93. The van der Waals surface area contributed by atoms with E-state index in [1.54, 1.807) is 11.3 Å². The Hall–Kier alpha value is -2.17. The highest BCUT2D eigenvalue weighted by molar-refractivity contribution is 8.00. The molecular formula is C21H23N5O2S3. The maximum atomic E-state index is 12.9. The summed E-state index contributed by atoms with van der Waals surface area (Å²) in [6.07, 6.45) is 5.82. The highest BCUT2D eigenvalue weighted by Crippen LogP contribution is 2.41. The van der Waals surface area contributed by atoms with Crippen LogP contribution in [0.3, 0.4) is 0 Å². The number of nitrogens with two attached hydrogens (primary N) is 1. The standard InChI is InChI=1S/C21H23N5O2S3/c1-11(19(28)23-20-17(18(22)27)14-5-2-6-15(14)31-20)30-21-25-24-16(26(21)12-7-8-12)10-13-4-3-9-29-13/h3-4,9,11-12H,2,5-8,10H2,1H3,(H2,22,27)(H,23,28)/t11-/m0/s1. The highest BCUT2D eigenvalue weighted by Gasteiger charge is 2.32. The maximum absolute atomic E-state index is 12.9. The Morgan fingerprint density at radius 2 is 2.19 bits per heavy atom. The molecule has 3 aromatic rings. The number of hydrogen-bond acceptors (Lipinski definition) is 7. The number of amides is 2. The van der Waals surface area contributed by atoms with Crippen LogP contribution in [0, 0.1) is 0 Å². The van der Waals surface area contributed by atoms with E-state index in [4.69, 9.17) is 5.73 Å². The number of fused-ring (bicyclic) bond motifs is 1. The molecule has 0 spiro atoms. The van der Waals surface area contributed by atoms with Crippen LogP contribution in [-0.4, -0.2) is 31.8 Å². The molecule has 1 saturated carbocycles. The minimum Gasteiger partial charge on any atom is -0.365 e. The summed E-state index contributed by atoms with van der Waals surface area (Å²) in [4.78, 5) is 27.4. The van der Waals surface area contributed by atoms with Crippen molar-refractivity contribution in [3.05, 3.63) is 44.2 Å². The van der Waals surface area contributed by atoms with Gasteiger partial charge >= 0.3 is 0 Å². The first-order valence-corrected chi connectivity index (χ1v) is 13.0. The van der Waals surface area contributed by atoms with Crippen molar-refractivity contribution in [3.8, 4) is 0 Å². The van der Waals surface area contributed by atoms with Gasteiger partial charge in [-0.2, -0.15) is 0 Å². The van der Waals surface area contributed by atoms with E-state index in [0.29, 0.717) is 16.6 Å². The molecule has 3 N–H and O–H groups in total. The first kappa shape index (κ1) is 20.7. The van der Waals surface area contributed by atoms with Crippen LogP contribution in [0.25, 0.3) is 0 Å². The van der Waals surface area contributed by atoms with Crippen LogP contribution in [0.5, 0.6) is 0 Å². The minimum absolute atomic E-state index is 0.155. The maximum Gasteiger partial charge on any atom is 0.251 e. The fraction of sp³-hybridized carbons (Fsp3) is 0.429. The molecule has 7 nitrogen and oxygen atoms in total. The molecule has 1 fully saturated rings. The number of hydrogen-bond donors (Lipinski definition) is 2. The van der Waals surface area contributed by atoms with Crippen LogP contribution >= 0.6 is 34.4 Å². The number of nitrogens with one attached hydrogen (secondary N) is 1. The van der Waals surface area contributed by atoms with Crippen LogP contribution in [0.1, 0.15) is 63.7 Å². The number of rotatable bonds is 8. The molecule has 1 atom stereocenters. The molecule has 2 aliphatic carbocycles. The van der Waals surface area contributed by atoms with Gasteiger partial charge < -0.3 is 15.6 Å². The third-order valence-corrected chi connectivity index (χ3v) is 8.76. The molecule has 31 heavy (non-hydrogen) atoms. The largest absolute Gasteiger partial charge is 0.365 e. The number of aromatic nitrogens is 3. The zero-order chi connectivity index (χ0) is 21.5. The molecule has 2 amide bonds. The summed E-state index contributed by atoms with van der Waals surface area (Å²) >= 11 is 4.61. The Kier molecular flexibility index (Phi) is 5.61. The second-order valence-corrected chi connectivity index (χ2v) is 11.4. The van der Waals surface area contributed by atoms with E-state index >= 15 is 0 Å². The van der Waals surface area contributed by atoms with Gasteiger partial charge in [-0.1, -0.05) is 17.8 Å². The number of thiophene rings is 2. The van der Waals surface area contributed by atoms with E-state index in [1.807, 2.05) is 13.0 Å². The van der Waals surface area contributed by atoms with Crippen LogP contribution in [-0.2, 0) is 24.1 Å². The van der Waals surface area contributed by atoms with Crippen LogP contribution < -0.4 is 11.1 Å². The van der Waals surface area contributed by atoms with Crippen LogP contribution in [0.4, 0.5) is 5.00 Å². The fourth-order valence-corrected chi connectivity index (χ4v) is 6.89. The average Bonchev–Trinajstić information content (AvgIpc) is 3.09. The lowest BCUT2D eigenvalue weighted by molar-refractivity contribution is -0.115. The quantitative estimate of drug-likeness (QED) is 0.481. The molecule has 3 heterocycles. The summed E-state index contributed by atoms with van der Waals surface area (Å²) in [6, 6.07) is 4.57. The lowest BCUT2D eigenvalue weighted by atomic mass is 10.1. The monoisotopic (exact) mass is 473 g/mol. The van der Waals surface area contributed by atoms with Gasteiger partial charge in [0.25, 0.3) is 5.91 Å². The average molecular weight is 474 g/mol. The smallest absolute Gasteiger partial charge is 0.251 e. The molecule has 0 radical (unpaired) electrons. The van der Waals surface area contributed by atoms with Crippen molar-refractivity contribution >= 4 is 51.3 Å². The Balaban J connectivity index is 1.32. The molecule has 2 aliphatic rings. The van der Waals surface area contributed by atoms with Crippen molar-refractivity contribution in [1.29, 1.82) is 0 Å². The number of aryl methyl sites for hydroxylation is 1. The van der Waals surface area contributed by atoms with E-state index in [2.05, 4.69) is 31.5 Å². The first-order chi connectivity index (χ1) is 15.0. The Morgan fingerprint density at radius 3 is 2.90 bits per heavy atom. The van der Waals surface area contributed by atoms with Gasteiger partial charge in [-0.3, -0.25) is 9.59 Å². The number of carbonyl (C=O) groups is 2. The number of nitrogens with zero attached hydrogens (tertiary/aromatic N) is 3. The third-order valence-electron chi connectivity index (χ3n) is 5.62. The van der Waals surface area contributed by atoms with Crippen molar-refractivity contribution in [2.75, 3.05) is 5.32 Å². The number of thioether (sulfide) groups is 1. The van der Waals surface area contributed by atoms with E-state index in [0.717, 1.165) is 59.9 Å². The summed E-state index contributed by atoms with van der Waals surface area (Å²) in [7, 11) is 0. The number of carbonyl (C=O) groups excluding carboxylic acids is 2. The Bertz CT molecular complexity index is 1130. The van der Waals surface area contributed by atoms with Crippen LogP contribution in [0.2, 0.25) is 0 Å². The van der Waals surface area contributed by atoms with E-state index in [9.17, 15) is 9.59 Å². The van der Waals surface area contributed by atoms with Gasteiger partial charge in [0, 0.05) is 22.2 Å². The van der Waals surface area contributed by atoms with Crippen molar-refractivity contribution in [3.63, 3.8) is 0 Å². The van der Waals surface area contributed by atoms with E-state index < -0.39 is 5.91 Å². The van der Waals surface area contributed by atoms with Crippen molar-refractivity contribution in [2.45, 2.75) is 61.9 Å². The minimum atomic E-state index is -0.471. The predicted octanol–water partition coefficient (Wildman–Crippen LogP) is 4.03. The highest BCUT2D eigenvalue weighted by atomic mass is 32.2. The number of anilines is 1. The summed E-state index contributed by atoms with van der Waals surface area (Å²) in [5.74, 6) is 0.324. The number of primary amides is 1. The molecule has 0 bridgehead atoms. The normalized spacial score (nSPS) is 16.3. The summed E-state index contributed by atoms with van der Waals surface area (Å²) in [5, 5.41) is 14.8. The molecule has 0 aromatic carbocycles. The molecule has 0 saturated heterocycles. The van der Waals surface area contributed by atoms with E-state index in [-0.39, 0.29) is 11.2 Å². The SMILES string of the molecule is C[C@H](Sc1nnc(Cc2cccs2)n1C1CC1)C(=O)Nc1sc2c(c1C(N)=O)CCC2. The van der Waals surface area contributed by atoms with Crippen LogP contribution in [0.15, 0.2) is 22.7 Å². The zero-order valence-electron chi connectivity index (χ0n) is 17.1. The molecule has 10 heteroatoms.